The minimum atomic E-state index is -0.374. The number of aliphatic hydroxyl groups is 1. The van der Waals surface area contributed by atoms with E-state index in [-0.39, 0.29) is 17.8 Å². The lowest BCUT2D eigenvalue weighted by atomic mass is 9.87. The van der Waals surface area contributed by atoms with E-state index in [1.807, 2.05) is 12.1 Å². The van der Waals surface area contributed by atoms with Crippen molar-refractivity contribution in [2.45, 2.75) is 45.1 Å². The van der Waals surface area contributed by atoms with Crippen LogP contribution in [0.3, 0.4) is 0 Å². The number of benzene rings is 1. The molecule has 1 aromatic carbocycles. The molecule has 0 bridgehead atoms. The number of carbonyl (C=O) groups is 2. The summed E-state index contributed by atoms with van der Waals surface area (Å²) >= 11 is 0.892. The Morgan fingerprint density at radius 3 is 2.72 bits per heavy atom. The van der Waals surface area contributed by atoms with E-state index in [0.717, 1.165) is 35.2 Å². The highest BCUT2D eigenvalue weighted by atomic mass is 32.2. The van der Waals surface area contributed by atoms with Crippen molar-refractivity contribution in [2.24, 2.45) is 5.92 Å². The molecule has 2 fully saturated rings. The molecule has 1 aliphatic heterocycles. The highest BCUT2D eigenvalue weighted by Crippen LogP contribution is 2.29. The smallest absolute Gasteiger partial charge is 0.290 e. The maximum absolute atomic E-state index is 11.7. The summed E-state index contributed by atoms with van der Waals surface area (Å²) < 4.78 is 5.92. The fourth-order valence-corrected chi connectivity index (χ4v) is 3.99. The van der Waals surface area contributed by atoms with Crippen LogP contribution in [0.25, 0.3) is 6.08 Å². The predicted octanol–water partition coefficient (Wildman–Crippen LogP) is 3.85. The van der Waals surface area contributed by atoms with Gasteiger partial charge in [-0.25, -0.2) is 0 Å². The first kappa shape index (κ1) is 18.0. The first-order chi connectivity index (χ1) is 12.2. The van der Waals surface area contributed by atoms with Crippen LogP contribution in [-0.2, 0) is 11.4 Å². The Morgan fingerprint density at radius 2 is 2.04 bits per heavy atom. The third-order valence-electron chi connectivity index (χ3n) is 4.71. The zero-order valence-electron chi connectivity index (χ0n) is 14.1. The van der Waals surface area contributed by atoms with Crippen LogP contribution < -0.4 is 10.1 Å². The molecule has 1 heterocycles. The second kappa shape index (κ2) is 8.54. The largest absolute Gasteiger partial charge is 0.493 e. The van der Waals surface area contributed by atoms with Crippen LogP contribution in [-0.4, -0.2) is 22.9 Å². The number of hydrogen-bond acceptors (Lipinski definition) is 5. The second-order valence-corrected chi connectivity index (χ2v) is 7.53. The SMILES string of the molecule is O=C1NC(=O)/C(=C/c2ccc(CO)c(OCCC3CCCCC3)c2)S1. The molecule has 1 aromatic rings. The number of thioether (sulfide) groups is 1. The van der Waals surface area contributed by atoms with Crippen molar-refractivity contribution >= 4 is 29.0 Å². The van der Waals surface area contributed by atoms with E-state index in [0.29, 0.717) is 17.3 Å². The molecule has 0 spiro atoms. The van der Waals surface area contributed by atoms with Crippen LogP contribution in [0.15, 0.2) is 23.1 Å². The van der Waals surface area contributed by atoms with Crippen LogP contribution >= 0.6 is 11.8 Å². The molecule has 1 aliphatic carbocycles. The van der Waals surface area contributed by atoms with Gasteiger partial charge < -0.3 is 9.84 Å². The first-order valence-corrected chi connectivity index (χ1v) is 9.59. The van der Waals surface area contributed by atoms with Gasteiger partial charge in [-0.2, -0.15) is 0 Å². The van der Waals surface area contributed by atoms with E-state index in [9.17, 15) is 14.7 Å². The van der Waals surface area contributed by atoms with Gasteiger partial charge in [-0.1, -0.05) is 44.2 Å². The Morgan fingerprint density at radius 1 is 1.24 bits per heavy atom. The highest BCUT2D eigenvalue weighted by Gasteiger charge is 2.25. The number of amides is 2. The van der Waals surface area contributed by atoms with Crippen molar-refractivity contribution in [1.29, 1.82) is 0 Å². The number of nitrogens with one attached hydrogen (secondary N) is 1. The van der Waals surface area contributed by atoms with Gasteiger partial charge in [0.2, 0.25) is 0 Å². The fraction of sp³-hybridized carbons (Fsp3) is 0.474. The molecule has 5 nitrogen and oxygen atoms in total. The van der Waals surface area contributed by atoms with Crippen molar-refractivity contribution in [2.75, 3.05) is 6.61 Å². The van der Waals surface area contributed by atoms with E-state index in [1.165, 1.54) is 32.1 Å². The van der Waals surface area contributed by atoms with Crippen LogP contribution in [0.2, 0.25) is 0 Å². The monoisotopic (exact) mass is 361 g/mol. The standard InChI is InChI=1S/C19H23NO4S/c21-12-15-7-6-14(11-17-18(22)20-19(23)25-17)10-16(15)24-9-8-13-4-2-1-3-5-13/h6-7,10-11,13,21H,1-5,8-9,12H2,(H,20,22,23)/b17-11-. The Labute approximate surface area is 151 Å². The minimum absolute atomic E-state index is 0.0939. The number of imide groups is 1. The lowest BCUT2D eigenvalue weighted by Crippen LogP contribution is -2.17. The quantitative estimate of drug-likeness (QED) is 0.753. The van der Waals surface area contributed by atoms with Gasteiger partial charge >= 0.3 is 0 Å². The van der Waals surface area contributed by atoms with Crippen LogP contribution in [0.5, 0.6) is 5.75 Å². The maximum atomic E-state index is 11.7. The average Bonchev–Trinajstić information content (AvgIpc) is 2.93. The number of ether oxygens (including phenoxy) is 1. The zero-order valence-corrected chi connectivity index (χ0v) is 14.9. The normalized spacial score (nSPS) is 20.1. The summed E-state index contributed by atoms with van der Waals surface area (Å²) in [6.45, 7) is 0.536. The summed E-state index contributed by atoms with van der Waals surface area (Å²) in [5.41, 5.74) is 1.50. The lowest BCUT2D eigenvalue weighted by Gasteiger charge is -2.21. The fourth-order valence-electron chi connectivity index (χ4n) is 3.31. The Hall–Kier alpha value is -1.79. The predicted molar refractivity (Wildman–Crippen MR) is 98.2 cm³/mol. The first-order valence-electron chi connectivity index (χ1n) is 8.77. The number of hydrogen-bond donors (Lipinski definition) is 2. The molecule has 0 radical (unpaired) electrons. The topological polar surface area (TPSA) is 75.6 Å². The molecule has 6 heteroatoms. The molecule has 2 aliphatic rings. The highest BCUT2D eigenvalue weighted by molar-refractivity contribution is 8.18. The molecule has 0 unspecified atom stereocenters. The third kappa shape index (κ3) is 4.86. The van der Waals surface area contributed by atoms with Crippen LogP contribution in [0, 0.1) is 5.92 Å². The molecule has 0 aromatic heterocycles. The van der Waals surface area contributed by atoms with E-state index in [4.69, 9.17) is 4.74 Å². The average molecular weight is 361 g/mol. The van der Waals surface area contributed by atoms with Crippen molar-refractivity contribution in [3.63, 3.8) is 0 Å². The third-order valence-corrected chi connectivity index (χ3v) is 5.52. The van der Waals surface area contributed by atoms with E-state index < -0.39 is 0 Å². The molecular weight excluding hydrogens is 338 g/mol. The number of aliphatic hydroxyl groups excluding tert-OH is 1. The molecule has 134 valence electrons. The van der Waals surface area contributed by atoms with Crippen molar-refractivity contribution < 1.29 is 19.4 Å². The van der Waals surface area contributed by atoms with Crippen molar-refractivity contribution in [3.8, 4) is 5.75 Å². The minimum Gasteiger partial charge on any atom is -0.493 e. The second-order valence-electron chi connectivity index (χ2n) is 6.52. The van der Waals surface area contributed by atoms with Crippen LogP contribution in [0.4, 0.5) is 4.79 Å². The molecule has 2 N–H and O–H groups in total. The molecule has 1 saturated carbocycles. The summed E-state index contributed by atoms with van der Waals surface area (Å²) in [7, 11) is 0. The maximum Gasteiger partial charge on any atom is 0.290 e. The van der Waals surface area contributed by atoms with Crippen molar-refractivity contribution in [3.05, 3.63) is 34.2 Å². The lowest BCUT2D eigenvalue weighted by molar-refractivity contribution is -0.115. The summed E-state index contributed by atoms with van der Waals surface area (Å²) in [6, 6.07) is 5.42. The van der Waals surface area contributed by atoms with Gasteiger partial charge in [-0.3, -0.25) is 14.9 Å². The van der Waals surface area contributed by atoms with Gasteiger partial charge in [0.25, 0.3) is 11.1 Å². The number of carbonyl (C=O) groups excluding carboxylic acids is 2. The summed E-state index contributed by atoms with van der Waals surface area (Å²) in [4.78, 5) is 23.3. The Kier molecular flexibility index (Phi) is 6.15. The molecule has 1 saturated heterocycles. The summed E-state index contributed by atoms with van der Waals surface area (Å²) in [5.74, 6) is 1.00. The molecule has 25 heavy (non-hydrogen) atoms. The van der Waals surface area contributed by atoms with Crippen LogP contribution in [0.1, 0.15) is 49.7 Å². The molecular formula is C19H23NO4S. The van der Waals surface area contributed by atoms with Gasteiger partial charge in [-0.15, -0.1) is 0 Å². The van der Waals surface area contributed by atoms with Gasteiger partial charge in [-0.05, 0) is 41.8 Å². The van der Waals surface area contributed by atoms with E-state index in [2.05, 4.69) is 5.32 Å². The van der Waals surface area contributed by atoms with E-state index >= 15 is 0 Å². The Balaban J connectivity index is 1.66. The zero-order chi connectivity index (χ0) is 17.6. The summed E-state index contributed by atoms with van der Waals surface area (Å²) in [6.07, 6.45) is 9.23. The molecule has 2 amide bonds. The van der Waals surface area contributed by atoms with Gasteiger partial charge in [0.1, 0.15) is 5.75 Å². The van der Waals surface area contributed by atoms with Crippen molar-refractivity contribution in [1.82, 2.24) is 5.32 Å². The van der Waals surface area contributed by atoms with Gasteiger partial charge in [0, 0.05) is 5.56 Å². The van der Waals surface area contributed by atoms with Gasteiger partial charge in [0.05, 0.1) is 18.1 Å². The Bertz CT molecular complexity index is 680. The van der Waals surface area contributed by atoms with E-state index in [1.54, 1.807) is 12.1 Å². The molecule has 0 atom stereocenters. The summed E-state index contributed by atoms with van der Waals surface area (Å²) in [5, 5.41) is 11.4. The van der Waals surface area contributed by atoms with Gasteiger partial charge in [0.15, 0.2) is 0 Å². The molecule has 3 rings (SSSR count). The number of rotatable bonds is 6.